The number of para-hydroxylation sites is 1. The second-order valence-electron chi connectivity index (χ2n) is 6.85. The highest BCUT2D eigenvalue weighted by molar-refractivity contribution is 5.89. The summed E-state index contributed by atoms with van der Waals surface area (Å²) < 4.78 is 3.94. The zero-order chi connectivity index (χ0) is 19.6. The first kappa shape index (κ1) is 17.2. The molecule has 1 aliphatic carbocycles. The molecule has 0 amide bonds. The lowest BCUT2D eigenvalue weighted by molar-refractivity contribution is 1.00. The Labute approximate surface area is 167 Å². The summed E-state index contributed by atoms with van der Waals surface area (Å²) in [7, 11) is 0. The minimum Gasteiger partial charge on any atom is -0.342 e. The maximum atomic E-state index is 13.0. The Morgan fingerprint density at radius 1 is 1.03 bits per heavy atom. The van der Waals surface area contributed by atoms with Gasteiger partial charge in [-0.1, -0.05) is 30.4 Å². The molecule has 1 N–H and O–H groups in total. The number of pyridine rings is 2. The van der Waals surface area contributed by atoms with E-state index in [1.807, 2.05) is 41.1 Å². The zero-order valence-corrected chi connectivity index (χ0v) is 15.7. The van der Waals surface area contributed by atoms with E-state index in [0.717, 1.165) is 35.4 Å². The van der Waals surface area contributed by atoms with Crippen molar-refractivity contribution in [2.75, 3.05) is 5.32 Å². The van der Waals surface area contributed by atoms with Gasteiger partial charge in [0.25, 0.3) is 0 Å². The van der Waals surface area contributed by atoms with Crippen LogP contribution in [0.2, 0.25) is 0 Å². The van der Waals surface area contributed by atoms with E-state index in [4.69, 9.17) is 0 Å². The topological polar surface area (TPSA) is 64.7 Å². The molecule has 1 aromatic carbocycles. The summed E-state index contributed by atoms with van der Waals surface area (Å²) in [6.45, 7) is 0. The molecule has 0 saturated carbocycles. The van der Waals surface area contributed by atoms with Crippen LogP contribution in [-0.2, 0) is 0 Å². The van der Waals surface area contributed by atoms with E-state index >= 15 is 0 Å². The number of allylic oxidation sites excluding steroid dienone is 3. The number of fused-ring (bicyclic) bond motifs is 1. The lowest BCUT2D eigenvalue weighted by Gasteiger charge is -2.21. The van der Waals surface area contributed by atoms with Crippen LogP contribution in [0.3, 0.4) is 0 Å². The number of hydrogen-bond acceptors (Lipinski definition) is 4. The monoisotopic (exact) mass is 381 g/mol. The third-order valence-corrected chi connectivity index (χ3v) is 4.96. The number of imidazole rings is 1. The second-order valence-corrected chi connectivity index (χ2v) is 6.85. The third kappa shape index (κ3) is 3.14. The van der Waals surface area contributed by atoms with Crippen LogP contribution >= 0.6 is 0 Å². The van der Waals surface area contributed by atoms with Gasteiger partial charge in [-0.15, -0.1) is 0 Å². The second kappa shape index (κ2) is 7.24. The van der Waals surface area contributed by atoms with E-state index in [0.29, 0.717) is 11.2 Å². The van der Waals surface area contributed by atoms with Gasteiger partial charge in [0.2, 0.25) is 0 Å². The molecule has 0 aliphatic heterocycles. The van der Waals surface area contributed by atoms with E-state index in [9.17, 15) is 4.79 Å². The number of rotatable bonds is 4. The normalized spacial score (nSPS) is 13.4. The van der Waals surface area contributed by atoms with Crippen molar-refractivity contribution in [1.82, 2.24) is 19.1 Å². The average Bonchev–Trinajstić information content (AvgIpc) is 3.30. The molecule has 0 atom stereocenters. The molecule has 0 bridgehead atoms. The van der Waals surface area contributed by atoms with Crippen molar-refractivity contribution in [2.24, 2.45) is 0 Å². The van der Waals surface area contributed by atoms with Gasteiger partial charge >= 0.3 is 0 Å². The van der Waals surface area contributed by atoms with E-state index in [2.05, 4.69) is 38.1 Å². The average molecular weight is 381 g/mol. The minimum atomic E-state index is -0.0791. The van der Waals surface area contributed by atoms with E-state index in [-0.39, 0.29) is 5.43 Å². The largest absolute Gasteiger partial charge is 0.342 e. The Kier molecular flexibility index (Phi) is 4.29. The Bertz CT molecular complexity index is 1280. The Hall–Kier alpha value is -3.93. The molecule has 0 fully saturated rings. The van der Waals surface area contributed by atoms with Gasteiger partial charge < -0.3 is 9.88 Å². The number of aromatic nitrogens is 4. The minimum absolute atomic E-state index is 0.0791. The fraction of sp³-hybridized carbons (Fsp3) is 0.0870. The van der Waals surface area contributed by atoms with Crippen molar-refractivity contribution in [3.63, 3.8) is 0 Å². The first-order valence-corrected chi connectivity index (χ1v) is 9.52. The molecule has 142 valence electrons. The number of hydrogen-bond donors (Lipinski definition) is 1. The highest BCUT2D eigenvalue weighted by atomic mass is 16.1. The van der Waals surface area contributed by atoms with Crippen LogP contribution in [-0.4, -0.2) is 19.1 Å². The summed E-state index contributed by atoms with van der Waals surface area (Å²) in [5.74, 6) is 0.707. The van der Waals surface area contributed by atoms with Crippen molar-refractivity contribution < 1.29 is 0 Å². The van der Waals surface area contributed by atoms with Crippen LogP contribution < -0.4 is 10.7 Å². The van der Waals surface area contributed by atoms with Gasteiger partial charge in [0, 0.05) is 36.0 Å². The van der Waals surface area contributed by atoms with Crippen LogP contribution in [0.4, 0.5) is 5.82 Å². The lowest BCUT2D eigenvalue weighted by atomic mass is 10.1. The lowest BCUT2D eigenvalue weighted by Crippen LogP contribution is -2.16. The van der Waals surface area contributed by atoms with E-state index in [1.165, 1.54) is 0 Å². The molecular formula is C23H19N5O. The quantitative estimate of drug-likeness (QED) is 0.575. The maximum Gasteiger partial charge on any atom is 0.193 e. The fourth-order valence-electron chi connectivity index (χ4n) is 3.63. The third-order valence-electron chi connectivity index (χ3n) is 4.96. The molecule has 0 unspecified atom stereocenters. The number of nitrogens with one attached hydrogen (secondary N) is 1. The SMILES string of the molecule is O=c1cc(NC2=CCCC=C2)n(-c2ccccc2)c2c(-n3ccnc3)cncc12. The van der Waals surface area contributed by atoms with Gasteiger partial charge in [0.1, 0.15) is 5.82 Å². The first-order valence-electron chi connectivity index (χ1n) is 9.52. The van der Waals surface area contributed by atoms with Crippen LogP contribution in [0.25, 0.3) is 22.3 Å². The highest BCUT2D eigenvalue weighted by Gasteiger charge is 2.16. The predicted molar refractivity (Wildman–Crippen MR) is 115 cm³/mol. The van der Waals surface area contributed by atoms with E-state index in [1.54, 1.807) is 31.0 Å². The predicted octanol–water partition coefficient (Wildman–Crippen LogP) is 4.22. The van der Waals surface area contributed by atoms with E-state index < -0.39 is 0 Å². The van der Waals surface area contributed by atoms with Crippen molar-refractivity contribution >= 4 is 16.7 Å². The molecule has 0 spiro atoms. The smallest absolute Gasteiger partial charge is 0.193 e. The Balaban J connectivity index is 1.85. The van der Waals surface area contributed by atoms with Crippen LogP contribution in [0.1, 0.15) is 12.8 Å². The molecule has 1 aliphatic rings. The summed E-state index contributed by atoms with van der Waals surface area (Å²) in [6, 6.07) is 11.6. The molecule has 3 aromatic heterocycles. The van der Waals surface area contributed by atoms with Gasteiger partial charge in [-0.3, -0.25) is 14.3 Å². The number of benzene rings is 1. The molecule has 0 saturated heterocycles. The standard InChI is InChI=1S/C23H19N5O/c29-21-13-22(26-17-7-3-1-4-8-17)28(18-9-5-2-6-10-18)23-19(21)14-25-15-20(23)27-12-11-24-16-27/h2-3,5-16,26H,1,4H2. The Morgan fingerprint density at radius 3 is 2.69 bits per heavy atom. The molecule has 6 heteroatoms. The van der Waals surface area contributed by atoms with Crippen LogP contribution in [0.15, 0.2) is 96.2 Å². The summed E-state index contributed by atoms with van der Waals surface area (Å²) in [6.07, 6.45) is 17.0. The molecule has 6 nitrogen and oxygen atoms in total. The molecule has 5 rings (SSSR count). The number of anilines is 1. The summed E-state index contributed by atoms with van der Waals surface area (Å²) in [5.41, 5.74) is 3.42. The van der Waals surface area contributed by atoms with Gasteiger partial charge in [-0.25, -0.2) is 4.98 Å². The van der Waals surface area contributed by atoms with Gasteiger partial charge in [0.15, 0.2) is 5.43 Å². The van der Waals surface area contributed by atoms with Crippen molar-refractivity contribution in [3.05, 3.63) is 102 Å². The van der Waals surface area contributed by atoms with Crippen molar-refractivity contribution in [2.45, 2.75) is 12.8 Å². The highest BCUT2D eigenvalue weighted by Crippen LogP contribution is 2.28. The van der Waals surface area contributed by atoms with Crippen molar-refractivity contribution in [1.29, 1.82) is 0 Å². The fourth-order valence-corrected chi connectivity index (χ4v) is 3.63. The molecule has 0 radical (unpaired) electrons. The molecule has 3 heterocycles. The first-order chi connectivity index (χ1) is 14.3. The van der Waals surface area contributed by atoms with Crippen molar-refractivity contribution in [3.8, 4) is 11.4 Å². The van der Waals surface area contributed by atoms with Gasteiger partial charge in [-0.2, -0.15) is 0 Å². The summed E-state index contributed by atoms with van der Waals surface area (Å²) >= 11 is 0. The summed E-state index contributed by atoms with van der Waals surface area (Å²) in [5, 5.41) is 4.00. The zero-order valence-electron chi connectivity index (χ0n) is 15.7. The van der Waals surface area contributed by atoms with Crippen LogP contribution in [0.5, 0.6) is 0 Å². The van der Waals surface area contributed by atoms with Gasteiger partial charge in [-0.05, 0) is 31.1 Å². The Morgan fingerprint density at radius 2 is 1.93 bits per heavy atom. The summed E-state index contributed by atoms with van der Waals surface area (Å²) in [4.78, 5) is 21.5. The van der Waals surface area contributed by atoms with Gasteiger partial charge in [0.05, 0.1) is 29.1 Å². The van der Waals surface area contributed by atoms with Crippen LogP contribution in [0, 0.1) is 0 Å². The molecular weight excluding hydrogens is 362 g/mol. The molecule has 4 aromatic rings. The number of nitrogens with zero attached hydrogens (tertiary/aromatic N) is 4. The molecule has 29 heavy (non-hydrogen) atoms. The maximum absolute atomic E-state index is 13.0.